The molecule has 0 spiro atoms. The molecule has 0 amide bonds. The van der Waals surface area contributed by atoms with E-state index in [4.69, 9.17) is 9.47 Å². The second kappa shape index (κ2) is 8.54. The van der Waals surface area contributed by atoms with Crippen molar-refractivity contribution in [3.63, 3.8) is 0 Å². The van der Waals surface area contributed by atoms with Crippen LogP contribution in [0, 0.1) is 5.82 Å². The van der Waals surface area contributed by atoms with Crippen LogP contribution in [0.3, 0.4) is 0 Å². The molecule has 192 valence electrons. The second-order valence-corrected chi connectivity index (χ2v) is 13.7. The predicted octanol–water partition coefficient (Wildman–Crippen LogP) is 7.31. The molecule has 36 heavy (non-hydrogen) atoms. The molecule has 1 aromatic heterocycles. The zero-order valence-corrected chi connectivity index (χ0v) is 21.7. The number of ether oxygens (including phenoxy) is 2. The maximum absolute atomic E-state index is 13.5. The van der Waals surface area contributed by atoms with Crippen molar-refractivity contribution in [2.45, 2.75) is 13.0 Å². The topological polar surface area (TPSA) is 22.3 Å². The summed E-state index contributed by atoms with van der Waals surface area (Å²) >= 11 is -11.2. The summed E-state index contributed by atoms with van der Waals surface area (Å²) in [5.41, 5.74) is 5.63. The zero-order chi connectivity index (χ0) is 26.4. The molecule has 5 rings (SSSR count). The van der Waals surface area contributed by atoms with Crippen molar-refractivity contribution >= 4 is 30.2 Å². The molecule has 0 bridgehead atoms. The normalized spacial score (nSPS) is 14.5. The third-order valence-electron chi connectivity index (χ3n) is 5.68. The Kier molecular flexibility index (Phi) is 6.19. The van der Waals surface area contributed by atoms with Crippen LogP contribution in [0.4, 0.5) is 21.3 Å². The van der Waals surface area contributed by atoms with E-state index in [1.165, 1.54) is 23.1 Å². The Balaban J connectivity index is 0.000000384. The van der Waals surface area contributed by atoms with Gasteiger partial charge in [0.15, 0.2) is 18.0 Å². The molecule has 0 saturated carbocycles. The molecule has 0 atom stereocenters. The van der Waals surface area contributed by atoms with Gasteiger partial charge in [-0.25, -0.2) is 4.39 Å². The third-order valence-corrected chi connectivity index (χ3v) is 5.68. The molecule has 0 fully saturated rings. The number of benzene rings is 3. The van der Waals surface area contributed by atoms with Gasteiger partial charge in [-0.2, -0.15) is 4.57 Å². The summed E-state index contributed by atoms with van der Waals surface area (Å²) in [6.07, 6.45) is 0.889. The van der Waals surface area contributed by atoms with Crippen LogP contribution < -0.4 is 14.0 Å². The van der Waals surface area contributed by atoms with E-state index in [-0.39, 0.29) is 5.82 Å². The van der Waals surface area contributed by atoms with Crippen LogP contribution in [-0.4, -0.2) is 33.7 Å². The Hall–Kier alpha value is -3.00. The van der Waals surface area contributed by atoms with Crippen LogP contribution in [0.1, 0.15) is 5.56 Å². The van der Waals surface area contributed by atoms with E-state index in [0.29, 0.717) is 0 Å². The van der Waals surface area contributed by atoms with Gasteiger partial charge in [0.05, 0.1) is 25.2 Å². The van der Waals surface area contributed by atoms with Crippen LogP contribution >= 0.6 is 0 Å². The molecule has 3 aromatic carbocycles. The molecule has 4 aromatic rings. The molecule has 0 aliphatic carbocycles. The Morgan fingerprint density at radius 1 is 0.778 bits per heavy atom. The Morgan fingerprint density at radius 3 is 1.97 bits per heavy atom. The number of rotatable bonds is 3. The molecule has 1 aliphatic heterocycles. The van der Waals surface area contributed by atoms with E-state index < -0.39 is 19.5 Å². The minimum absolute atomic E-state index is 0.226. The number of fused-ring (bicyclic) bond motifs is 5. The molecule has 0 unspecified atom stereocenters. The van der Waals surface area contributed by atoms with Crippen molar-refractivity contribution in [2.75, 3.05) is 14.2 Å². The average molecular weight is 622 g/mol. The third kappa shape index (κ3) is 6.21. The van der Waals surface area contributed by atoms with Crippen LogP contribution in [0.15, 0.2) is 66.7 Å². The first-order valence-corrected chi connectivity index (χ1v) is 16.5. The first-order chi connectivity index (χ1) is 16.6. The fourth-order valence-corrected chi connectivity index (χ4v) is 4.29. The van der Waals surface area contributed by atoms with E-state index >= 15 is 0 Å². The molecule has 3 nitrogen and oxygen atoms in total. The predicted molar refractivity (Wildman–Crippen MR) is 124 cm³/mol. The summed E-state index contributed by atoms with van der Waals surface area (Å²) in [6, 6.07) is 21.5. The summed E-state index contributed by atoms with van der Waals surface area (Å²) in [4.78, 5) is 0. The fraction of sp³-hybridized carbons (Fsp3) is 0.160. The Bertz CT molecular complexity index is 1440. The Labute approximate surface area is 204 Å². The SMILES string of the molecule is COc1cc2c(cc1OC)-c1c3ccccc3cc(-c3ccc(F)cc3)[n+]1CC2.[F][Sb-]([F])([F])([F])([F])[F]. The van der Waals surface area contributed by atoms with E-state index in [1.807, 2.05) is 18.2 Å². The second-order valence-electron chi connectivity index (χ2n) is 8.20. The number of aromatic nitrogens is 1. The van der Waals surface area contributed by atoms with Crippen molar-refractivity contribution in [1.82, 2.24) is 0 Å². The molecular weight excluding hydrogens is 601 g/mol. The molecular formula is C25H21F7NO2Sb. The van der Waals surface area contributed by atoms with Crippen molar-refractivity contribution in [2.24, 2.45) is 0 Å². The summed E-state index contributed by atoms with van der Waals surface area (Å²) in [6.45, 7) is 0.843. The summed E-state index contributed by atoms with van der Waals surface area (Å²) < 4.78 is 86.5. The van der Waals surface area contributed by atoms with Crippen LogP contribution in [-0.2, 0) is 13.0 Å². The number of hydrogen-bond donors (Lipinski definition) is 0. The maximum atomic E-state index is 13.5. The van der Waals surface area contributed by atoms with E-state index in [0.717, 1.165) is 52.4 Å². The van der Waals surface area contributed by atoms with Crippen LogP contribution in [0.2, 0.25) is 0 Å². The van der Waals surface area contributed by atoms with Gasteiger partial charge >= 0.3 is 36.4 Å². The van der Waals surface area contributed by atoms with E-state index in [9.17, 15) is 21.3 Å². The molecule has 0 saturated heterocycles. The van der Waals surface area contributed by atoms with Gasteiger partial charge in [-0.1, -0.05) is 18.2 Å². The van der Waals surface area contributed by atoms with Gasteiger partial charge in [-0.15, -0.1) is 0 Å². The Morgan fingerprint density at radius 2 is 1.36 bits per heavy atom. The van der Waals surface area contributed by atoms with Crippen LogP contribution in [0.5, 0.6) is 11.5 Å². The molecule has 0 N–H and O–H groups in total. The summed E-state index contributed by atoms with van der Waals surface area (Å²) in [5, 5.41) is 2.34. The molecule has 0 radical (unpaired) electrons. The first-order valence-electron chi connectivity index (χ1n) is 10.7. The molecule has 11 heteroatoms. The number of aryl methyl sites for hydroxylation is 1. The van der Waals surface area contributed by atoms with Gasteiger partial charge in [0.25, 0.3) is 0 Å². The van der Waals surface area contributed by atoms with Crippen molar-refractivity contribution in [3.8, 4) is 34.0 Å². The fourth-order valence-electron chi connectivity index (χ4n) is 4.29. The minimum atomic E-state index is -11.2. The number of hydrogen-bond acceptors (Lipinski definition) is 2. The number of nitrogens with zero attached hydrogens (tertiary/aromatic N) is 1. The number of methoxy groups -OCH3 is 2. The van der Waals surface area contributed by atoms with Gasteiger partial charge < -0.3 is 9.47 Å². The van der Waals surface area contributed by atoms with Gasteiger partial charge in [-0.3, -0.25) is 0 Å². The van der Waals surface area contributed by atoms with E-state index in [2.05, 4.69) is 41.0 Å². The number of halogens is 7. The quantitative estimate of drug-likeness (QED) is 0.136. The van der Waals surface area contributed by atoms with Gasteiger partial charge in [-0.05, 0) is 53.4 Å². The van der Waals surface area contributed by atoms with Gasteiger partial charge in [0.2, 0.25) is 11.4 Å². The van der Waals surface area contributed by atoms with Gasteiger partial charge in [0, 0.05) is 18.1 Å². The van der Waals surface area contributed by atoms with E-state index in [1.54, 1.807) is 14.2 Å². The zero-order valence-electron chi connectivity index (χ0n) is 19.1. The average Bonchev–Trinajstić information content (AvgIpc) is 2.80. The van der Waals surface area contributed by atoms with Crippen molar-refractivity contribution < 1.29 is 35.3 Å². The standard InChI is InChI=1S/C25H21FNO2.6FH.Sb/c1-28-23-14-18-11-12-27-22(16-7-9-19(26)10-8-16)13-17-5-3-4-6-20(17)25(27)21(18)15-24(23)29-2;;;;;;;/h3-10,13-15H,11-12H2,1-2H3;6*1H;/q+1;;;;;;;+5/p-6. The number of pyridine rings is 1. The van der Waals surface area contributed by atoms with Crippen molar-refractivity contribution in [1.29, 1.82) is 0 Å². The monoisotopic (exact) mass is 621 g/mol. The van der Waals surface area contributed by atoms with Gasteiger partial charge in [0.1, 0.15) is 5.82 Å². The van der Waals surface area contributed by atoms with Crippen molar-refractivity contribution in [3.05, 3.63) is 78.1 Å². The first kappa shape index (κ1) is 26.1. The van der Waals surface area contributed by atoms with Crippen LogP contribution in [0.25, 0.3) is 33.3 Å². The summed E-state index contributed by atoms with van der Waals surface area (Å²) in [7, 11) is 3.33. The molecule has 2 heterocycles. The summed E-state index contributed by atoms with van der Waals surface area (Å²) in [5.74, 6) is 1.24. The molecule has 1 aliphatic rings.